The second kappa shape index (κ2) is 2.75. The first-order chi connectivity index (χ1) is 5.27. The van der Waals surface area contributed by atoms with Gasteiger partial charge in [0, 0.05) is 10.7 Å². The molecule has 0 unspecified atom stereocenters. The van der Waals surface area contributed by atoms with Crippen LogP contribution in [0.3, 0.4) is 0 Å². The maximum Gasteiger partial charge on any atom is 0.0806 e. The van der Waals surface area contributed by atoms with Gasteiger partial charge in [0.25, 0.3) is 0 Å². The highest BCUT2D eigenvalue weighted by atomic mass is 127. The van der Waals surface area contributed by atoms with Crippen molar-refractivity contribution in [3.05, 3.63) is 32.6 Å². The molecule has 0 N–H and O–H groups in total. The Kier molecular flexibility index (Phi) is 1.88. The molecule has 2 rings (SSSR count). The van der Waals surface area contributed by atoms with E-state index in [2.05, 4.69) is 49.7 Å². The number of rotatable bonds is 0. The highest BCUT2D eigenvalue weighted by molar-refractivity contribution is 14.1. The van der Waals surface area contributed by atoms with Crippen molar-refractivity contribution in [1.82, 2.24) is 9.61 Å². The van der Waals surface area contributed by atoms with Crippen LogP contribution >= 0.6 is 38.5 Å². The lowest BCUT2D eigenvalue weighted by molar-refractivity contribution is 0.959. The molecule has 0 atom stereocenters. The van der Waals surface area contributed by atoms with E-state index in [1.807, 2.05) is 23.0 Å². The van der Waals surface area contributed by atoms with E-state index in [1.54, 1.807) is 0 Å². The molecule has 0 spiro atoms. The standard InChI is InChI=1S/C7H4BrIN2/c8-5-1-2-11-7(3-5)6(9)4-10-11/h1-4H. The van der Waals surface area contributed by atoms with Crippen LogP contribution in [0.15, 0.2) is 29.0 Å². The lowest BCUT2D eigenvalue weighted by atomic mass is 10.4. The van der Waals surface area contributed by atoms with Gasteiger partial charge >= 0.3 is 0 Å². The molecule has 56 valence electrons. The number of nitrogens with zero attached hydrogens (tertiary/aromatic N) is 2. The van der Waals surface area contributed by atoms with Gasteiger partial charge in [0.05, 0.1) is 15.3 Å². The first-order valence-corrected chi connectivity index (χ1v) is 4.93. The monoisotopic (exact) mass is 322 g/mol. The van der Waals surface area contributed by atoms with Crippen LogP contribution < -0.4 is 0 Å². The minimum absolute atomic E-state index is 1.09. The van der Waals surface area contributed by atoms with E-state index in [1.165, 1.54) is 3.57 Å². The normalized spacial score (nSPS) is 10.7. The molecule has 2 aromatic heterocycles. The van der Waals surface area contributed by atoms with Gasteiger partial charge < -0.3 is 0 Å². The maximum atomic E-state index is 4.15. The minimum atomic E-state index is 1.09. The molecule has 0 aliphatic carbocycles. The first kappa shape index (κ1) is 7.54. The van der Waals surface area contributed by atoms with Gasteiger partial charge in [-0.05, 0) is 34.7 Å². The van der Waals surface area contributed by atoms with E-state index in [0.29, 0.717) is 0 Å². The van der Waals surface area contributed by atoms with Crippen LogP contribution in [-0.2, 0) is 0 Å². The zero-order valence-electron chi connectivity index (χ0n) is 5.46. The van der Waals surface area contributed by atoms with Gasteiger partial charge in [0.2, 0.25) is 0 Å². The average molecular weight is 323 g/mol. The SMILES string of the molecule is Brc1ccn2ncc(I)c2c1. The fourth-order valence-electron chi connectivity index (χ4n) is 0.925. The van der Waals surface area contributed by atoms with E-state index < -0.39 is 0 Å². The van der Waals surface area contributed by atoms with Crippen LogP contribution in [0, 0.1) is 3.57 Å². The van der Waals surface area contributed by atoms with Gasteiger partial charge in [-0.3, -0.25) is 0 Å². The van der Waals surface area contributed by atoms with E-state index in [4.69, 9.17) is 0 Å². The lowest BCUT2D eigenvalue weighted by Crippen LogP contribution is -1.84. The van der Waals surface area contributed by atoms with Crippen LogP contribution in [-0.4, -0.2) is 9.61 Å². The molecule has 0 saturated carbocycles. The molecule has 0 bridgehead atoms. The van der Waals surface area contributed by atoms with Crippen molar-refractivity contribution in [3.8, 4) is 0 Å². The number of fused-ring (bicyclic) bond motifs is 1. The summed E-state index contributed by atoms with van der Waals surface area (Å²) in [5, 5.41) is 4.15. The van der Waals surface area contributed by atoms with E-state index in [9.17, 15) is 0 Å². The smallest absolute Gasteiger partial charge is 0.0806 e. The van der Waals surface area contributed by atoms with Crippen molar-refractivity contribution in [2.24, 2.45) is 0 Å². The second-order valence-electron chi connectivity index (χ2n) is 2.17. The van der Waals surface area contributed by atoms with Crippen LogP contribution in [0.2, 0.25) is 0 Å². The molecule has 4 heteroatoms. The average Bonchev–Trinajstić information content (AvgIpc) is 2.33. The molecule has 0 fully saturated rings. The highest BCUT2D eigenvalue weighted by Crippen LogP contribution is 2.17. The van der Waals surface area contributed by atoms with Gasteiger partial charge in [0.1, 0.15) is 0 Å². The Hall–Kier alpha value is -0.100. The molecule has 2 nitrogen and oxygen atoms in total. The van der Waals surface area contributed by atoms with Gasteiger partial charge in [-0.15, -0.1) is 0 Å². The predicted molar refractivity (Wildman–Crippen MR) is 55.6 cm³/mol. The van der Waals surface area contributed by atoms with Crippen molar-refractivity contribution in [2.45, 2.75) is 0 Å². The van der Waals surface area contributed by atoms with Gasteiger partial charge in [-0.2, -0.15) is 5.10 Å². The molecule has 0 aliphatic rings. The minimum Gasteiger partial charge on any atom is -0.240 e. The van der Waals surface area contributed by atoms with Crippen molar-refractivity contribution in [1.29, 1.82) is 0 Å². The fraction of sp³-hybridized carbons (Fsp3) is 0. The molecule has 0 aliphatic heterocycles. The summed E-state index contributed by atoms with van der Waals surface area (Å²) in [4.78, 5) is 0. The van der Waals surface area contributed by atoms with E-state index in [0.717, 1.165) is 9.99 Å². The summed E-state index contributed by atoms with van der Waals surface area (Å²) in [6.07, 6.45) is 3.78. The largest absolute Gasteiger partial charge is 0.240 e. The Labute approximate surface area is 85.9 Å². The number of halogens is 2. The highest BCUT2D eigenvalue weighted by Gasteiger charge is 1.99. The molecule has 0 aromatic carbocycles. The fourth-order valence-corrected chi connectivity index (χ4v) is 1.79. The Bertz CT molecular complexity index is 396. The Morgan fingerprint density at radius 3 is 3.18 bits per heavy atom. The van der Waals surface area contributed by atoms with Crippen LogP contribution in [0.4, 0.5) is 0 Å². The number of hydrogen-bond donors (Lipinski definition) is 0. The van der Waals surface area contributed by atoms with E-state index in [-0.39, 0.29) is 0 Å². The number of pyridine rings is 1. The van der Waals surface area contributed by atoms with Crippen molar-refractivity contribution in [3.63, 3.8) is 0 Å². The van der Waals surface area contributed by atoms with Crippen LogP contribution in [0.25, 0.3) is 5.52 Å². The lowest BCUT2D eigenvalue weighted by Gasteiger charge is -1.92. The van der Waals surface area contributed by atoms with Crippen molar-refractivity contribution >= 4 is 44.0 Å². The third kappa shape index (κ3) is 1.29. The molecular formula is C7H4BrIN2. The summed E-state index contributed by atoms with van der Waals surface area (Å²) >= 11 is 5.67. The molecule has 0 radical (unpaired) electrons. The Balaban J connectivity index is 2.87. The molecular weight excluding hydrogens is 319 g/mol. The van der Waals surface area contributed by atoms with Crippen LogP contribution in [0.1, 0.15) is 0 Å². The third-order valence-corrected chi connectivity index (χ3v) is 2.76. The van der Waals surface area contributed by atoms with Crippen molar-refractivity contribution in [2.75, 3.05) is 0 Å². The summed E-state index contributed by atoms with van der Waals surface area (Å²) in [6, 6.07) is 4.02. The Morgan fingerprint density at radius 1 is 1.55 bits per heavy atom. The van der Waals surface area contributed by atoms with E-state index >= 15 is 0 Å². The molecule has 2 aromatic rings. The van der Waals surface area contributed by atoms with Crippen LogP contribution in [0.5, 0.6) is 0 Å². The first-order valence-electron chi connectivity index (χ1n) is 3.06. The van der Waals surface area contributed by atoms with Gasteiger partial charge in [0.15, 0.2) is 0 Å². The van der Waals surface area contributed by atoms with Gasteiger partial charge in [-0.25, -0.2) is 4.52 Å². The summed E-state index contributed by atoms with van der Waals surface area (Å²) in [7, 11) is 0. The van der Waals surface area contributed by atoms with Crippen molar-refractivity contribution < 1.29 is 0 Å². The molecule has 0 amide bonds. The summed E-state index contributed by atoms with van der Waals surface area (Å²) in [5.74, 6) is 0. The summed E-state index contributed by atoms with van der Waals surface area (Å²) < 4.78 is 4.11. The zero-order valence-corrected chi connectivity index (χ0v) is 9.20. The number of hydrogen-bond acceptors (Lipinski definition) is 1. The summed E-state index contributed by atoms with van der Waals surface area (Å²) in [6.45, 7) is 0. The maximum absolute atomic E-state index is 4.15. The molecule has 11 heavy (non-hydrogen) atoms. The predicted octanol–water partition coefficient (Wildman–Crippen LogP) is 2.70. The number of aromatic nitrogens is 2. The topological polar surface area (TPSA) is 17.3 Å². The molecule has 2 heterocycles. The summed E-state index contributed by atoms with van der Waals surface area (Å²) in [5.41, 5.74) is 1.14. The van der Waals surface area contributed by atoms with Gasteiger partial charge in [-0.1, -0.05) is 15.9 Å². The third-order valence-electron chi connectivity index (χ3n) is 1.44. The quantitative estimate of drug-likeness (QED) is 0.682. The Morgan fingerprint density at radius 2 is 2.36 bits per heavy atom. The zero-order chi connectivity index (χ0) is 7.84. The second-order valence-corrected chi connectivity index (χ2v) is 4.25. The molecule has 0 saturated heterocycles.